The summed E-state index contributed by atoms with van der Waals surface area (Å²) in [4.78, 5) is 14.5. The average molecular weight is 292 g/mol. The molecule has 1 aromatic rings. The van der Waals surface area contributed by atoms with Crippen molar-refractivity contribution in [3.63, 3.8) is 0 Å². The average Bonchev–Trinajstić information content (AvgIpc) is 2.96. The lowest BCUT2D eigenvalue weighted by atomic mass is 10.1. The van der Waals surface area contributed by atoms with Gasteiger partial charge < -0.3 is 20.1 Å². The van der Waals surface area contributed by atoms with Crippen molar-refractivity contribution >= 4 is 5.91 Å². The van der Waals surface area contributed by atoms with Crippen LogP contribution in [0, 0.1) is 6.92 Å². The molecule has 0 spiro atoms. The summed E-state index contributed by atoms with van der Waals surface area (Å²) in [6, 6.07) is 5.69. The normalized spacial score (nSPS) is 18.0. The minimum Gasteiger partial charge on any atom is -0.493 e. The molecule has 1 amide bonds. The fourth-order valence-electron chi connectivity index (χ4n) is 2.47. The van der Waals surface area contributed by atoms with E-state index in [2.05, 4.69) is 0 Å². The second kappa shape index (κ2) is 7.43. The standard InChI is InChI=1S/C16H24N2O3/c1-12-4-5-14(15(10-12)21-9-3-7-17)16(19)18-8-6-13(11-18)20-2/h4-5,10,13H,3,6-9,11,17H2,1-2H3/t13-/m0/s1. The van der Waals surface area contributed by atoms with E-state index >= 15 is 0 Å². The molecular formula is C16H24N2O3. The number of hydrogen-bond acceptors (Lipinski definition) is 4. The van der Waals surface area contributed by atoms with Gasteiger partial charge in [0, 0.05) is 20.2 Å². The second-order valence-corrected chi connectivity index (χ2v) is 5.39. The van der Waals surface area contributed by atoms with Crippen molar-refractivity contribution in [2.45, 2.75) is 25.9 Å². The third-order valence-electron chi connectivity index (χ3n) is 3.74. The molecule has 1 aliphatic heterocycles. The Balaban J connectivity index is 2.12. The van der Waals surface area contributed by atoms with Crippen LogP contribution in [0.2, 0.25) is 0 Å². The number of ether oxygens (including phenoxy) is 2. The van der Waals surface area contributed by atoms with Crippen molar-refractivity contribution in [3.05, 3.63) is 29.3 Å². The van der Waals surface area contributed by atoms with Crippen molar-refractivity contribution in [3.8, 4) is 5.75 Å². The molecule has 0 unspecified atom stereocenters. The predicted molar refractivity (Wildman–Crippen MR) is 81.7 cm³/mol. The van der Waals surface area contributed by atoms with Crippen LogP contribution in [0.15, 0.2) is 18.2 Å². The molecule has 0 radical (unpaired) electrons. The molecule has 1 aliphatic rings. The van der Waals surface area contributed by atoms with Gasteiger partial charge in [-0.05, 0) is 44.0 Å². The summed E-state index contributed by atoms with van der Waals surface area (Å²) in [6.45, 7) is 4.47. The Labute approximate surface area is 126 Å². The topological polar surface area (TPSA) is 64.8 Å². The third-order valence-corrected chi connectivity index (χ3v) is 3.74. The molecule has 0 saturated carbocycles. The highest BCUT2D eigenvalue weighted by Gasteiger charge is 2.28. The van der Waals surface area contributed by atoms with Gasteiger partial charge in [-0.2, -0.15) is 0 Å². The van der Waals surface area contributed by atoms with E-state index in [1.54, 1.807) is 7.11 Å². The van der Waals surface area contributed by atoms with Gasteiger partial charge in [-0.25, -0.2) is 0 Å². The van der Waals surface area contributed by atoms with Crippen molar-refractivity contribution in [2.24, 2.45) is 5.73 Å². The van der Waals surface area contributed by atoms with Crippen LogP contribution in [0.3, 0.4) is 0 Å². The molecule has 1 aromatic carbocycles. The summed E-state index contributed by atoms with van der Waals surface area (Å²) in [6.07, 6.45) is 1.80. The zero-order chi connectivity index (χ0) is 15.2. The van der Waals surface area contributed by atoms with Crippen LogP contribution in [0.25, 0.3) is 0 Å². The molecule has 5 nitrogen and oxygen atoms in total. The highest BCUT2D eigenvalue weighted by Crippen LogP contribution is 2.24. The number of rotatable bonds is 6. The van der Waals surface area contributed by atoms with Gasteiger partial charge in [-0.3, -0.25) is 4.79 Å². The van der Waals surface area contributed by atoms with Crippen LogP contribution in [0.4, 0.5) is 0 Å². The molecule has 2 N–H and O–H groups in total. The quantitative estimate of drug-likeness (QED) is 0.809. The number of carbonyl (C=O) groups excluding carboxylic acids is 1. The molecule has 0 aromatic heterocycles. The van der Waals surface area contributed by atoms with Crippen molar-refractivity contribution < 1.29 is 14.3 Å². The molecule has 1 atom stereocenters. The van der Waals surface area contributed by atoms with E-state index in [1.807, 2.05) is 30.0 Å². The molecule has 2 rings (SSSR count). The lowest BCUT2D eigenvalue weighted by Crippen LogP contribution is -2.30. The van der Waals surface area contributed by atoms with Gasteiger partial charge in [0.2, 0.25) is 0 Å². The van der Waals surface area contributed by atoms with Gasteiger partial charge in [0.25, 0.3) is 5.91 Å². The van der Waals surface area contributed by atoms with Gasteiger partial charge in [0.1, 0.15) is 5.75 Å². The van der Waals surface area contributed by atoms with Crippen LogP contribution < -0.4 is 10.5 Å². The van der Waals surface area contributed by atoms with Crippen LogP contribution in [-0.2, 0) is 4.74 Å². The maximum atomic E-state index is 12.6. The fourth-order valence-corrected chi connectivity index (χ4v) is 2.47. The van der Waals surface area contributed by atoms with Gasteiger partial charge in [-0.15, -0.1) is 0 Å². The van der Waals surface area contributed by atoms with Crippen LogP contribution in [0.5, 0.6) is 5.75 Å². The second-order valence-electron chi connectivity index (χ2n) is 5.39. The van der Waals surface area contributed by atoms with Gasteiger partial charge in [0.15, 0.2) is 0 Å². The number of aryl methyl sites for hydroxylation is 1. The Morgan fingerprint density at radius 2 is 2.29 bits per heavy atom. The van der Waals surface area contributed by atoms with E-state index in [-0.39, 0.29) is 12.0 Å². The highest BCUT2D eigenvalue weighted by molar-refractivity contribution is 5.97. The van der Waals surface area contributed by atoms with Crippen molar-refractivity contribution in [1.82, 2.24) is 4.90 Å². The third kappa shape index (κ3) is 3.95. The maximum absolute atomic E-state index is 12.6. The lowest BCUT2D eigenvalue weighted by Gasteiger charge is -2.19. The van der Waals surface area contributed by atoms with E-state index in [0.717, 1.165) is 24.9 Å². The molecule has 1 fully saturated rings. The summed E-state index contributed by atoms with van der Waals surface area (Å²) in [7, 11) is 1.69. The smallest absolute Gasteiger partial charge is 0.257 e. The summed E-state index contributed by atoms with van der Waals surface area (Å²) in [5.74, 6) is 0.659. The SMILES string of the molecule is CO[C@H]1CCN(C(=O)c2ccc(C)cc2OCCCN)C1. The van der Waals surface area contributed by atoms with Crippen LogP contribution in [-0.4, -0.2) is 50.3 Å². The van der Waals surface area contributed by atoms with E-state index in [9.17, 15) is 4.79 Å². The van der Waals surface area contributed by atoms with Crippen LogP contribution >= 0.6 is 0 Å². The number of amides is 1. The van der Waals surface area contributed by atoms with E-state index in [4.69, 9.17) is 15.2 Å². The number of benzene rings is 1. The zero-order valence-corrected chi connectivity index (χ0v) is 12.8. The Morgan fingerprint density at radius 1 is 1.48 bits per heavy atom. The summed E-state index contributed by atoms with van der Waals surface area (Å²) >= 11 is 0. The molecule has 0 aliphatic carbocycles. The summed E-state index contributed by atoms with van der Waals surface area (Å²) in [5, 5.41) is 0. The van der Waals surface area contributed by atoms with Gasteiger partial charge >= 0.3 is 0 Å². The first-order chi connectivity index (χ1) is 10.2. The Morgan fingerprint density at radius 3 is 2.95 bits per heavy atom. The lowest BCUT2D eigenvalue weighted by molar-refractivity contribution is 0.0720. The summed E-state index contributed by atoms with van der Waals surface area (Å²) in [5.41, 5.74) is 7.18. The number of carbonyl (C=O) groups is 1. The summed E-state index contributed by atoms with van der Waals surface area (Å²) < 4.78 is 11.1. The molecule has 116 valence electrons. The zero-order valence-electron chi connectivity index (χ0n) is 12.8. The maximum Gasteiger partial charge on any atom is 0.257 e. The minimum absolute atomic E-state index is 0.0114. The van der Waals surface area contributed by atoms with Crippen LogP contribution in [0.1, 0.15) is 28.8 Å². The first-order valence-electron chi connectivity index (χ1n) is 7.41. The molecule has 1 saturated heterocycles. The Hall–Kier alpha value is -1.59. The molecule has 21 heavy (non-hydrogen) atoms. The van der Waals surface area contributed by atoms with E-state index in [0.29, 0.717) is 31.0 Å². The van der Waals surface area contributed by atoms with Gasteiger partial charge in [-0.1, -0.05) is 6.07 Å². The number of nitrogens with two attached hydrogens (primary N) is 1. The molecule has 5 heteroatoms. The number of nitrogens with zero attached hydrogens (tertiary/aromatic N) is 1. The Kier molecular flexibility index (Phi) is 5.59. The molecule has 0 bridgehead atoms. The minimum atomic E-state index is 0.0114. The first kappa shape index (κ1) is 15.8. The Bertz CT molecular complexity index is 490. The van der Waals surface area contributed by atoms with E-state index < -0.39 is 0 Å². The fraction of sp³-hybridized carbons (Fsp3) is 0.562. The highest BCUT2D eigenvalue weighted by atomic mass is 16.5. The predicted octanol–water partition coefficient (Wildman–Crippen LogP) is 1.58. The molecular weight excluding hydrogens is 268 g/mol. The number of likely N-dealkylation sites (tertiary alicyclic amines) is 1. The number of hydrogen-bond donors (Lipinski definition) is 1. The van der Waals surface area contributed by atoms with Gasteiger partial charge in [0.05, 0.1) is 18.3 Å². The van der Waals surface area contributed by atoms with E-state index in [1.165, 1.54) is 0 Å². The van der Waals surface area contributed by atoms with Crippen molar-refractivity contribution in [1.29, 1.82) is 0 Å². The first-order valence-corrected chi connectivity index (χ1v) is 7.41. The van der Waals surface area contributed by atoms with Crippen molar-refractivity contribution in [2.75, 3.05) is 33.4 Å². The largest absolute Gasteiger partial charge is 0.493 e. The molecule has 1 heterocycles. The monoisotopic (exact) mass is 292 g/mol. The number of methoxy groups -OCH3 is 1.